The van der Waals surface area contributed by atoms with E-state index in [4.69, 9.17) is 14.2 Å². The third kappa shape index (κ3) is 4.26. The summed E-state index contributed by atoms with van der Waals surface area (Å²) in [6.45, 7) is 0. The van der Waals surface area contributed by atoms with Crippen LogP contribution in [0.2, 0.25) is 0 Å². The van der Waals surface area contributed by atoms with Crippen LogP contribution >= 0.6 is 15.9 Å². The Morgan fingerprint density at radius 3 is 2.29 bits per heavy atom. The molecular weight excluding hydrogens is 376 g/mol. The number of carbonyl (C=O) groups is 1. The fourth-order valence-corrected chi connectivity index (χ4v) is 2.53. The molecule has 126 valence electrons. The van der Waals surface area contributed by atoms with Crippen molar-refractivity contribution in [3.05, 3.63) is 52.0 Å². The van der Waals surface area contributed by atoms with E-state index in [9.17, 15) is 4.79 Å². The fraction of sp³-hybridized carbons (Fsp3) is 0.176. The van der Waals surface area contributed by atoms with E-state index in [0.717, 1.165) is 15.8 Å². The van der Waals surface area contributed by atoms with E-state index in [-0.39, 0.29) is 5.91 Å². The second-order valence-corrected chi connectivity index (χ2v) is 5.52. The number of amides is 1. The summed E-state index contributed by atoms with van der Waals surface area (Å²) in [5, 5.41) is 3.95. The molecule has 24 heavy (non-hydrogen) atoms. The Labute approximate surface area is 148 Å². The number of benzene rings is 2. The zero-order valence-corrected chi connectivity index (χ0v) is 15.1. The fourth-order valence-electron chi connectivity index (χ4n) is 1.97. The van der Waals surface area contributed by atoms with Crippen molar-refractivity contribution in [3.63, 3.8) is 0 Å². The molecule has 0 heterocycles. The zero-order valence-electron chi connectivity index (χ0n) is 13.5. The number of ether oxygens (including phenoxy) is 3. The predicted octanol–water partition coefficient (Wildman–Crippen LogP) is 3.24. The average molecular weight is 393 g/mol. The standard InChI is InChI=1S/C17H17BrN2O4/c1-22-14-6-4-11(8-13(14)18)10-19-20-17(21)12-5-7-15(23-2)16(9-12)24-3/h4-10H,1-3H3,(H,20,21)/b19-10+. The number of hydrazone groups is 1. The summed E-state index contributed by atoms with van der Waals surface area (Å²) in [5.74, 6) is 1.41. The van der Waals surface area contributed by atoms with Gasteiger partial charge in [-0.25, -0.2) is 5.43 Å². The van der Waals surface area contributed by atoms with Crippen LogP contribution < -0.4 is 19.6 Å². The van der Waals surface area contributed by atoms with Gasteiger partial charge in [-0.3, -0.25) is 4.79 Å². The number of rotatable bonds is 6. The molecule has 0 saturated heterocycles. The monoisotopic (exact) mass is 392 g/mol. The summed E-state index contributed by atoms with van der Waals surface area (Å²) in [7, 11) is 4.64. The van der Waals surface area contributed by atoms with Crippen LogP contribution in [0.1, 0.15) is 15.9 Å². The smallest absolute Gasteiger partial charge is 0.271 e. The Kier molecular flexibility index (Phi) is 6.20. The Balaban J connectivity index is 2.06. The molecule has 0 aliphatic heterocycles. The van der Waals surface area contributed by atoms with Crippen LogP contribution in [0.25, 0.3) is 0 Å². The van der Waals surface area contributed by atoms with Gasteiger partial charge in [-0.15, -0.1) is 0 Å². The number of nitrogens with zero attached hydrogens (tertiary/aromatic N) is 1. The third-order valence-corrected chi connectivity index (χ3v) is 3.82. The molecule has 0 aliphatic carbocycles. The molecule has 0 fully saturated rings. The second-order valence-electron chi connectivity index (χ2n) is 4.66. The Morgan fingerprint density at radius 2 is 1.67 bits per heavy atom. The summed E-state index contributed by atoms with van der Waals surface area (Å²) in [6.07, 6.45) is 1.54. The minimum atomic E-state index is -0.347. The molecule has 0 bridgehead atoms. The molecular formula is C17H17BrN2O4. The average Bonchev–Trinajstić information content (AvgIpc) is 2.61. The summed E-state index contributed by atoms with van der Waals surface area (Å²) in [4.78, 5) is 12.1. The summed E-state index contributed by atoms with van der Waals surface area (Å²) < 4.78 is 16.3. The lowest BCUT2D eigenvalue weighted by atomic mass is 10.2. The van der Waals surface area contributed by atoms with E-state index in [2.05, 4.69) is 26.5 Å². The highest BCUT2D eigenvalue weighted by Gasteiger charge is 2.10. The van der Waals surface area contributed by atoms with Crippen molar-refractivity contribution in [1.82, 2.24) is 5.43 Å². The van der Waals surface area contributed by atoms with Gasteiger partial charge >= 0.3 is 0 Å². The molecule has 0 spiro atoms. The number of methoxy groups -OCH3 is 3. The first kappa shape index (κ1) is 17.8. The van der Waals surface area contributed by atoms with Gasteiger partial charge in [0.25, 0.3) is 5.91 Å². The highest BCUT2D eigenvalue weighted by Crippen LogP contribution is 2.27. The predicted molar refractivity (Wildman–Crippen MR) is 95.3 cm³/mol. The third-order valence-electron chi connectivity index (χ3n) is 3.20. The Hall–Kier alpha value is -2.54. The van der Waals surface area contributed by atoms with Crippen molar-refractivity contribution in [1.29, 1.82) is 0 Å². The van der Waals surface area contributed by atoms with Crippen LogP contribution in [0.3, 0.4) is 0 Å². The van der Waals surface area contributed by atoms with Gasteiger partial charge in [0, 0.05) is 5.56 Å². The van der Waals surface area contributed by atoms with Crippen LogP contribution in [0.4, 0.5) is 0 Å². The van der Waals surface area contributed by atoms with Crippen LogP contribution in [0.15, 0.2) is 46.0 Å². The van der Waals surface area contributed by atoms with E-state index in [1.165, 1.54) is 14.2 Å². The Bertz CT molecular complexity index is 762. The van der Waals surface area contributed by atoms with Gasteiger partial charge in [-0.05, 0) is 57.9 Å². The lowest BCUT2D eigenvalue weighted by Crippen LogP contribution is -2.17. The van der Waals surface area contributed by atoms with Crippen LogP contribution in [-0.2, 0) is 0 Å². The molecule has 2 aromatic carbocycles. The van der Waals surface area contributed by atoms with Gasteiger partial charge in [-0.2, -0.15) is 5.10 Å². The first-order chi connectivity index (χ1) is 11.6. The second kappa shape index (κ2) is 8.35. The summed E-state index contributed by atoms with van der Waals surface area (Å²) >= 11 is 3.39. The van der Waals surface area contributed by atoms with Crippen LogP contribution in [0, 0.1) is 0 Å². The van der Waals surface area contributed by atoms with E-state index in [1.54, 1.807) is 31.5 Å². The van der Waals surface area contributed by atoms with Crippen molar-refractivity contribution < 1.29 is 19.0 Å². The largest absolute Gasteiger partial charge is 0.496 e. The van der Waals surface area contributed by atoms with Gasteiger partial charge in [0.1, 0.15) is 5.75 Å². The molecule has 1 amide bonds. The molecule has 0 saturated carbocycles. The number of hydrogen-bond donors (Lipinski definition) is 1. The molecule has 0 atom stereocenters. The molecule has 1 N–H and O–H groups in total. The minimum absolute atomic E-state index is 0.347. The van der Waals surface area contributed by atoms with Gasteiger partial charge in [0.15, 0.2) is 11.5 Å². The maximum atomic E-state index is 12.1. The maximum Gasteiger partial charge on any atom is 0.271 e. The molecule has 0 aliphatic rings. The highest BCUT2D eigenvalue weighted by molar-refractivity contribution is 9.10. The van der Waals surface area contributed by atoms with Crippen molar-refractivity contribution in [2.24, 2.45) is 5.10 Å². The van der Waals surface area contributed by atoms with Gasteiger partial charge < -0.3 is 14.2 Å². The van der Waals surface area contributed by atoms with Crippen LogP contribution in [-0.4, -0.2) is 33.5 Å². The van der Waals surface area contributed by atoms with Crippen molar-refractivity contribution in [2.75, 3.05) is 21.3 Å². The zero-order chi connectivity index (χ0) is 17.5. The molecule has 6 nitrogen and oxygen atoms in total. The maximum absolute atomic E-state index is 12.1. The minimum Gasteiger partial charge on any atom is -0.496 e. The first-order valence-corrected chi connectivity index (χ1v) is 7.77. The summed E-state index contributed by atoms with van der Waals surface area (Å²) in [6, 6.07) is 10.4. The number of hydrogen-bond acceptors (Lipinski definition) is 5. The van der Waals surface area contributed by atoms with Crippen molar-refractivity contribution >= 4 is 28.1 Å². The summed E-state index contributed by atoms with van der Waals surface area (Å²) in [5.41, 5.74) is 3.70. The Morgan fingerprint density at radius 1 is 1.00 bits per heavy atom. The van der Waals surface area contributed by atoms with Crippen molar-refractivity contribution in [3.8, 4) is 17.2 Å². The van der Waals surface area contributed by atoms with Gasteiger partial charge in [0.2, 0.25) is 0 Å². The van der Waals surface area contributed by atoms with E-state index in [1.807, 2.05) is 18.2 Å². The highest BCUT2D eigenvalue weighted by atomic mass is 79.9. The van der Waals surface area contributed by atoms with Gasteiger partial charge in [0.05, 0.1) is 32.0 Å². The van der Waals surface area contributed by atoms with Crippen molar-refractivity contribution in [2.45, 2.75) is 0 Å². The molecule has 0 aromatic heterocycles. The molecule has 0 unspecified atom stereocenters. The van der Waals surface area contributed by atoms with E-state index >= 15 is 0 Å². The normalized spacial score (nSPS) is 10.5. The lowest BCUT2D eigenvalue weighted by Gasteiger charge is -2.08. The first-order valence-electron chi connectivity index (χ1n) is 6.98. The molecule has 2 rings (SSSR count). The number of nitrogens with one attached hydrogen (secondary N) is 1. The SMILES string of the molecule is COc1ccc(/C=N/NC(=O)c2ccc(OC)c(OC)c2)cc1Br. The number of halogens is 1. The van der Waals surface area contributed by atoms with Gasteiger partial charge in [-0.1, -0.05) is 0 Å². The quantitative estimate of drug-likeness (QED) is 0.605. The molecule has 2 aromatic rings. The molecule has 0 radical (unpaired) electrons. The van der Waals surface area contributed by atoms with E-state index in [0.29, 0.717) is 17.1 Å². The molecule has 7 heteroatoms. The van der Waals surface area contributed by atoms with E-state index < -0.39 is 0 Å². The topological polar surface area (TPSA) is 69.2 Å². The number of carbonyl (C=O) groups excluding carboxylic acids is 1. The van der Waals surface area contributed by atoms with Crippen LogP contribution in [0.5, 0.6) is 17.2 Å². The lowest BCUT2D eigenvalue weighted by molar-refractivity contribution is 0.0954.